The molecule has 1 amide bonds. The number of carbonyl (C=O) groups is 1. The molecule has 1 aliphatic heterocycles. The number of amides is 1. The van der Waals surface area contributed by atoms with Gasteiger partial charge in [-0.2, -0.15) is 8.78 Å². The number of halogens is 2. The summed E-state index contributed by atoms with van der Waals surface area (Å²) in [5.41, 5.74) is 2.75. The van der Waals surface area contributed by atoms with Gasteiger partial charge in [0, 0.05) is 38.2 Å². The monoisotopic (exact) mass is 430 g/mol. The number of likely N-dealkylation sites (tertiary alicyclic amines) is 1. The maximum atomic E-state index is 12.6. The molecule has 2 aromatic carbocycles. The minimum Gasteiger partial charge on any atom is -0.434 e. The third-order valence-electron chi connectivity index (χ3n) is 5.04. The van der Waals surface area contributed by atoms with Crippen molar-refractivity contribution >= 4 is 11.9 Å². The van der Waals surface area contributed by atoms with Gasteiger partial charge in [0.25, 0.3) is 0 Å². The van der Waals surface area contributed by atoms with Gasteiger partial charge in [0.1, 0.15) is 5.75 Å². The molecule has 0 bridgehead atoms. The van der Waals surface area contributed by atoms with Crippen molar-refractivity contribution in [2.24, 2.45) is 4.99 Å². The lowest BCUT2D eigenvalue weighted by atomic mass is 10.1. The Hall–Kier alpha value is -3.16. The summed E-state index contributed by atoms with van der Waals surface area (Å²) in [5.74, 6) is 0.890. The van der Waals surface area contributed by atoms with Crippen molar-refractivity contribution in [2.75, 3.05) is 13.1 Å². The first-order chi connectivity index (χ1) is 15.1. The van der Waals surface area contributed by atoms with Gasteiger partial charge in [-0.05, 0) is 30.5 Å². The van der Waals surface area contributed by atoms with E-state index in [1.807, 2.05) is 36.1 Å². The molecule has 1 fully saturated rings. The van der Waals surface area contributed by atoms with Crippen LogP contribution in [0.15, 0.2) is 53.5 Å². The Morgan fingerprint density at radius 1 is 1.10 bits per heavy atom. The van der Waals surface area contributed by atoms with Crippen LogP contribution in [-0.2, 0) is 24.4 Å². The smallest absolute Gasteiger partial charge is 0.387 e. The molecule has 166 valence electrons. The van der Waals surface area contributed by atoms with Crippen LogP contribution < -0.4 is 15.4 Å². The number of ether oxygens (including phenoxy) is 1. The normalized spacial score (nSPS) is 14.3. The van der Waals surface area contributed by atoms with E-state index >= 15 is 0 Å². The molecular weight excluding hydrogens is 402 g/mol. The molecule has 0 atom stereocenters. The molecule has 0 radical (unpaired) electrons. The van der Waals surface area contributed by atoms with E-state index in [-0.39, 0.29) is 18.2 Å². The fraction of sp³-hybridized carbons (Fsp3) is 0.391. The SMILES string of the molecule is CCNC(=NCc1ccccc1OC(F)F)NCc1ccccc1CN1CCCC1=O. The number of nitrogens with one attached hydrogen (secondary N) is 2. The quantitative estimate of drug-likeness (QED) is 0.471. The summed E-state index contributed by atoms with van der Waals surface area (Å²) in [6, 6.07) is 14.6. The second-order valence-corrected chi connectivity index (χ2v) is 7.22. The van der Waals surface area contributed by atoms with E-state index in [0.717, 1.165) is 24.1 Å². The molecule has 31 heavy (non-hydrogen) atoms. The van der Waals surface area contributed by atoms with Crippen molar-refractivity contribution in [3.05, 3.63) is 65.2 Å². The van der Waals surface area contributed by atoms with E-state index in [4.69, 9.17) is 0 Å². The highest BCUT2D eigenvalue weighted by atomic mass is 19.3. The fourth-order valence-electron chi connectivity index (χ4n) is 3.49. The topological polar surface area (TPSA) is 66.0 Å². The number of benzene rings is 2. The zero-order valence-electron chi connectivity index (χ0n) is 17.6. The molecule has 3 rings (SSSR count). The highest BCUT2D eigenvalue weighted by Gasteiger charge is 2.20. The number of carbonyl (C=O) groups excluding carboxylic acids is 1. The van der Waals surface area contributed by atoms with Gasteiger partial charge in [-0.25, -0.2) is 4.99 Å². The molecule has 0 aromatic heterocycles. The Balaban J connectivity index is 1.67. The summed E-state index contributed by atoms with van der Waals surface area (Å²) in [6.07, 6.45) is 1.53. The lowest BCUT2D eigenvalue weighted by Crippen LogP contribution is -2.37. The van der Waals surface area contributed by atoms with Crippen molar-refractivity contribution in [1.82, 2.24) is 15.5 Å². The van der Waals surface area contributed by atoms with E-state index in [2.05, 4.69) is 20.4 Å². The van der Waals surface area contributed by atoms with Crippen LogP contribution in [0.4, 0.5) is 8.78 Å². The Morgan fingerprint density at radius 2 is 1.81 bits per heavy atom. The fourth-order valence-corrected chi connectivity index (χ4v) is 3.49. The van der Waals surface area contributed by atoms with Gasteiger partial charge in [-0.1, -0.05) is 42.5 Å². The summed E-state index contributed by atoms with van der Waals surface area (Å²) in [6.45, 7) is 1.85. The first-order valence-electron chi connectivity index (χ1n) is 10.5. The number of hydrogen-bond donors (Lipinski definition) is 2. The zero-order chi connectivity index (χ0) is 22.1. The van der Waals surface area contributed by atoms with Crippen LogP contribution in [-0.4, -0.2) is 36.5 Å². The van der Waals surface area contributed by atoms with Gasteiger partial charge in [0.2, 0.25) is 5.91 Å². The minimum atomic E-state index is -2.88. The molecule has 2 aromatic rings. The average Bonchev–Trinajstić information content (AvgIpc) is 3.16. The van der Waals surface area contributed by atoms with Crippen LogP contribution in [0.5, 0.6) is 5.75 Å². The maximum Gasteiger partial charge on any atom is 0.387 e. The molecular formula is C23H28F2N4O2. The molecule has 2 N–H and O–H groups in total. The molecule has 0 spiro atoms. The van der Waals surface area contributed by atoms with Gasteiger partial charge in [0.15, 0.2) is 5.96 Å². The number of hydrogen-bond acceptors (Lipinski definition) is 3. The van der Waals surface area contributed by atoms with Crippen LogP contribution in [0, 0.1) is 0 Å². The van der Waals surface area contributed by atoms with Crippen LogP contribution in [0.3, 0.4) is 0 Å². The van der Waals surface area contributed by atoms with E-state index in [9.17, 15) is 13.6 Å². The first kappa shape index (κ1) is 22.5. The van der Waals surface area contributed by atoms with Crippen molar-refractivity contribution in [3.63, 3.8) is 0 Å². The number of guanidine groups is 1. The predicted octanol–water partition coefficient (Wildman–Crippen LogP) is 3.67. The van der Waals surface area contributed by atoms with Gasteiger partial charge in [-0.3, -0.25) is 4.79 Å². The number of para-hydroxylation sites is 1. The third-order valence-corrected chi connectivity index (χ3v) is 5.04. The second kappa shape index (κ2) is 11.3. The number of nitrogens with zero attached hydrogens (tertiary/aromatic N) is 2. The summed E-state index contributed by atoms with van der Waals surface area (Å²) in [5, 5.41) is 6.46. The van der Waals surface area contributed by atoms with Gasteiger partial charge in [0.05, 0.1) is 6.54 Å². The average molecular weight is 430 g/mol. The first-order valence-corrected chi connectivity index (χ1v) is 10.5. The molecule has 0 aliphatic carbocycles. The molecule has 1 aliphatic rings. The predicted molar refractivity (Wildman–Crippen MR) is 116 cm³/mol. The molecule has 0 saturated carbocycles. The summed E-state index contributed by atoms with van der Waals surface area (Å²) < 4.78 is 29.8. The summed E-state index contributed by atoms with van der Waals surface area (Å²) >= 11 is 0. The van der Waals surface area contributed by atoms with Crippen molar-refractivity contribution in [2.45, 2.75) is 46.0 Å². The molecule has 0 unspecified atom stereocenters. The molecule has 1 saturated heterocycles. The van der Waals surface area contributed by atoms with Gasteiger partial charge >= 0.3 is 6.61 Å². The van der Waals surface area contributed by atoms with Crippen LogP contribution in [0.2, 0.25) is 0 Å². The van der Waals surface area contributed by atoms with E-state index in [0.29, 0.717) is 37.6 Å². The highest BCUT2D eigenvalue weighted by molar-refractivity contribution is 5.80. The molecule has 6 nitrogen and oxygen atoms in total. The maximum absolute atomic E-state index is 12.6. The molecule has 8 heteroatoms. The lowest BCUT2D eigenvalue weighted by molar-refractivity contribution is -0.128. The van der Waals surface area contributed by atoms with E-state index in [1.54, 1.807) is 18.2 Å². The van der Waals surface area contributed by atoms with Gasteiger partial charge < -0.3 is 20.3 Å². The Bertz CT molecular complexity index is 905. The van der Waals surface area contributed by atoms with Crippen LogP contribution >= 0.6 is 0 Å². The largest absolute Gasteiger partial charge is 0.434 e. The third kappa shape index (κ3) is 6.67. The molecule has 1 heterocycles. The minimum absolute atomic E-state index is 0.123. The van der Waals surface area contributed by atoms with Crippen molar-refractivity contribution < 1.29 is 18.3 Å². The number of alkyl halides is 2. The zero-order valence-corrected chi connectivity index (χ0v) is 17.6. The van der Waals surface area contributed by atoms with Crippen molar-refractivity contribution in [3.8, 4) is 5.75 Å². The van der Waals surface area contributed by atoms with Crippen molar-refractivity contribution in [1.29, 1.82) is 0 Å². The van der Waals surface area contributed by atoms with E-state index in [1.165, 1.54) is 6.07 Å². The van der Waals surface area contributed by atoms with Gasteiger partial charge in [-0.15, -0.1) is 0 Å². The van der Waals surface area contributed by atoms with E-state index < -0.39 is 6.61 Å². The second-order valence-electron chi connectivity index (χ2n) is 7.22. The number of aliphatic imine (C=N–C) groups is 1. The Labute approximate surface area is 181 Å². The van der Waals surface area contributed by atoms with Crippen LogP contribution in [0.25, 0.3) is 0 Å². The Kier molecular flexibility index (Phi) is 8.20. The lowest BCUT2D eigenvalue weighted by Gasteiger charge is -2.19. The summed E-state index contributed by atoms with van der Waals surface area (Å²) in [7, 11) is 0. The highest BCUT2D eigenvalue weighted by Crippen LogP contribution is 2.21. The summed E-state index contributed by atoms with van der Waals surface area (Å²) in [4.78, 5) is 18.4. The Morgan fingerprint density at radius 3 is 2.48 bits per heavy atom. The standard InChI is InChI=1S/C23H28F2N4O2/c1-2-26-23(28-15-18-9-5-6-11-20(18)31-22(24)25)27-14-17-8-3-4-10-19(17)16-29-13-7-12-21(29)30/h3-6,8-11,22H,2,7,12-16H2,1H3,(H2,26,27,28). The van der Waals surface area contributed by atoms with Crippen LogP contribution in [0.1, 0.15) is 36.5 Å². The number of rotatable bonds is 9.